The number of piperidine rings is 1. The minimum absolute atomic E-state index is 0.0101. The van der Waals surface area contributed by atoms with Gasteiger partial charge in [0.2, 0.25) is 0 Å². The van der Waals surface area contributed by atoms with E-state index in [4.69, 9.17) is 4.98 Å². The number of hydrogen-bond acceptors (Lipinski definition) is 2. The van der Waals surface area contributed by atoms with Gasteiger partial charge in [0.1, 0.15) is 5.82 Å². The van der Waals surface area contributed by atoms with E-state index in [1.807, 2.05) is 18.2 Å². The van der Waals surface area contributed by atoms with E-state index in [9.17, 15) is 9.90 Å². The number of rotatable bonds is 1. The molecule has 6 heteroatoms. The van der Waals surface area contributed by atoms with E-state index in [2.05, 4.69) is 41.7 Å². The zero-order valence-corrected chi connectivity index (χ0v) is 15.7. The zero-order chi connectivity index (χ0) is 17.3. The summed E-state index contributed by atoms with van der Waals surface area (Å²) in [6, 6.07) is 5.81. The Hall–Kier alpha value is -1.56. The maximum Gasteiger partial charge on any atom is 0.408 e. The Morgan fingerprint density at radius 1 is 1.46 bits per heavy atom. The van der Waals surface area contributed by atoms with Gasteiger partial charge in [0, 0.05) is 15.9 Å². The highest BCUT2D eigenvalue weighted by Gasteiger charge is 2.64. The Kier molecular flexibility index (Phi) is 3.30. The fourth-order valence-electron chi connectivity index (χ4n) is 4.89. The Bertz CT molecular complexity index is 825. The first-order chi connectivity index (χ1) is 11.2. The van der Waals surface area contributed by atoms with Crippen LogP contribution >= 0.6 is 15.9 Å². The Labute approximate surface area is 149 Å². The molecule has 1 aromatic heterocycles. The van der Waals surface area contributed by atoms with Crippen LogP contribution in [0.4, 0.5) is 4.79 Å². The normalized spacial score (nSPS) is 29.6. The van der Waals surface area contributed by atoms with Crippen LogP contribution in [0.5, 0.6) is 0 Å². The molecule has 2 aliphatic rings. The summed E-state index contributed by atoms with van der Waals surface area (Å²) >= 11 is 3.48. The van der Waals surface area contributed by atoms with Gasteiger partial charge in [0.05, 0.1) is 17.1 Å². The molecule has 2 aromatic rings. The Morgan fingerprint density at radius 3 is 2.88 bits per heavy atom. The number of fused-ring (bicyclic) bond motifs is 3. The van der Waals surface area contributed by atoms with Crippen molar-refractivity contribution in [1.29, 1.82) is 0 Å². The van der Waals surface area contributed by atoms with Gasteiger partial charge in [0.25, 0.3) is 0 Å². The molecule has 2 bridgehead atoms. The number of imidazole rings is 1. The number of H-pyrrole nitrogens is 1. The predicted molar refractivity (Wildman–Crippen MR) is 95.9 cm³/mol. The highest BCUT2D eigenvalue weighted by Crippen LogP contribution is 2.66. The van der Waals surface area contributed by atoms with Crippen molar-refractivity contribution in [3.63, 3.8) is 0 Å². The molecule has 3 atom stereocenters. The van der Waals surface area contributed by atoms with Crippen molar-refractivity contribution in [1.82, 2.24) is 14.9 Å². The van der Waals surface area contributed by atoms with Crippen LogP contribution in [-0.4, -0.2) is 32.1 Å². The zero-order valence-electron chi connectivity index (χ0n) is 14.1. The van der Waals surface area contributed by atoms with Gasteiger partial charge in [-0.05, 0) is 42.9 Å². The van der Waals surface area contributed by atoms with E-state index in [1.165, 1.54) is 0 Å². The van der Waals surface area contributed by atoms with Gasteiger partial charge in [-0.15, -0.1) is 0 Å². The SMILES string of the molecule is CC(C)(C)C12CC[C@H](C1)N(C(=O)O)[C@@H]2c1nc2ccc(Br)cc2[nH]1. The molecular weight excluding hydrogens is 370 g/mol. The first kappa shape index (κ1) is 15.9. The molecule has 1 saturated heterocycles. The monoisotopic (exact) mass is 391 g/mol. The number of likely N-dealkylation sites (tertiary alicyclic amines) is 1. The van der Waals surface area contributed by atoms with Gasteiger partial charge in [0.15, 0.2) is 0 Å². The third kappa shape index (κ3) is 2.05. The summed E-state index contributed by atoms with van der Waals surface area (Å²) in [7, 11) is 0. The molecule has 1 unspecified atom stereocenters. The molecule has 1 aliphatic heterocycles. The van der Waals surface area contributed by atoms with Gasteiger partial charge in [-0.3, -0.25) is 4.90 Å². The molecule has 1 saturated carbocycles. The second kappa shape index (κ2) is 4.97. The van der Waals surface area contributed by atoms with Crippen molar-refractivity contribution in [2.75, 3.05) is 0 Å². The van der Waals surface area contributed by atoms with Crippen LogP contribution in [0.1, 0.15) is 51.9 Å². The molecule has 24 heavy (non-hydrogen) atoms. The topological polar surface area (TPSA) is 69.2 Å². The number of aromatic nitrogens is 2. The van der Waals surface area contributed by atoms with Crippen LogP contribution < -0.4 is 0 Å². The standard InChI is InChI=1S/C18H22BrN3O2/c1-17(2,3)18-7-6-11(9-18)22(16(23)24)14(18)15-20-12-5-4-10(19)8-13(12)21-15/h4-5,8,11,14H,6-7,9H2,1-3H3,(H,20,21)(H,23,24)/t11-,14-,18?/m1/s1. The van der Waals surface area contributed by atoms with Crippen LogP contribution in [-0.2, 0) is 0 Å². The first-order valence-corrected chi connectivity index (χ1v) is 9.19. The Morgan fingerprint density at radius 2 is 2.21 bits per heavy atom. The molecule has 2 heterocycles. The summed E-state index contributed by atoms with van der Waals surface area (Å²) in [6.45, 7) is 6.69. The minimum atomic E-state index is -0.836. The Balaban J connectivity index is 1.89. The summed E-state index contributed by atoms with van der Waals surface area (Å²) in [5, 5.41) is 9.84. The van der Waals surface area contributed by atoms with Gasteiger partial charge in [-0.2, -0.15) is 0 Å². The lowest BCUT2D eigenvalue weighted by atomic mass is 9.61. The van der Waals surface area contributed by atoms with Crippen LogP contribution in [0.2, 0.25) is 0 Å². The smallest absolute Gasteiger partial charge is 0.408 e. The maximum absolute atomic E-state index is 12.0. The molecule has 1 aromatic carbocycles. The summed E-state index contributed by atoms with van der Waals surface area (Å²) in [5.74, 6) is 0.780. The van der Waals surface area contributed by atoms with E-state index < -0.39 is 6.09 Å². The van der Waals surface area contributed by atoms with Crippen molar-refractivity contribution in [2.24, 2.45) is 10.8 Å². The van der Waals surface area contributed by atoms with Crippen LogP contribution in [0, 0.1) is 10.8 Å². The maximum atomic E-state index is 12.0. The van der Waals surface area contributed by atoms with E-state index >= 15 is 0 Å². The second-order valence-corrected chi connectivity index (χ2v) is 9.09. The molecule has 2 fully saturated rings. The van der Waals surface area contributed by atoms with E-state index in [1.54, 1.807) is 4.90 Å². The molecule has 1 amide bonds. The first-order valence-electron chi connectivity index (χ1n) is 8.39. The number of amides is 1. The summed E-state index contributed by atoms with van der Waals surface area (Å²) < 4.78 is 0.985. The van der Waals surface area contributed by atoms with Gasteiger partial charge in [-0.1, -0.05) is 36.7 Å². The third-order valence-corrected chi connectivity index (χ3v) is 6.65. The summed E-state index contributed by atoms with van der Waals surface area (Å²) in [5.41, 5.74) is 1.76. The minimum Gasteiger partial charge on any atom is -0.465 e. The fourth-order valence-corrected chi connectivity index (χ4v) is 5.26. The van der Waals surface area contributed by atoms with Crippen molar-refractivity contribution in [3.05, 3.63) is 28.5 Å². The van der Waals surface area contributed by atoms with Crippen LogP contribution in [0.15, 0.2) is 22.7 Å². The van der Waals surface area contributed by atoms with Crippen molar-refractivity contribution >= 4 is 33.1 Å². The van der Waals surface area contributed by atoms with Crippen molar-refractivity contribution in [2.45, 2.75) is 52.1 Å². The molecule has 0 spiro atoms. The number of carbonyl (C=O) groups is 1. The van der Waals surface area contributed by atoms with E-state index in [-0.39, 0.29) is 22.9 Å². The number of hydrogen-bond donors (Lipinski definition) is 2. The lowest BCUT2D eigenvalue weighted by molar-refractivity contribution is 0.00823. The van der Waals surface area contributed by atoms with Crippen LogP contribution in [0.25, 0.3) is 11.0 Å². The van der Waals surface area contributed by atoms with E-state index in [0.29, 0.717) is 0 Å². The van der Waals surface area contributed by atoms with Gasteiger partial charge >= 0.3 is 6.09 Å². The second-order valence-electron chi connectivity index (χ2n) is 8.18. The number of carboxylic acid groups (broad SMARTS) is 1. The molecule has 5 nitrogen and oxygen atoms in total. The van der Waals surface area contributed by atoms with Gasteiger partial charge < -0.3 is 10.1 Å². The molecule has 128 valence electrons. The summed E-state index contributed by atoms with van der Waals surface area (Å²) in [6.07, 6.45) is 2.09. The summed E-state index contributed by atoms with van der Waals surface area (Å²) in [4.78, 5) is 21.8. The lowest BCUT2D eigenvalue weighted by Gasteiger charge is -2.47. The lowest BCUT2D eigenvalue weighted by Crippen LogP contribution is -2.46. The fraction of sp³-hybridized carbons (Fsp3) is 0.556. The highest BCUT2D eigenvalue weighted by atomic mass is 79.9. The number of halogens is 1. The molecule has 4 rings (SSSR count). The number of nitrogens with one attached hydrogen (secondary N) is 1. The molecule has 0 radical (unpaired) electrons. The third-order valence-electron chi connectivity index (χ3n) is 6.15. The molecule has 2 N–H and O–H groups in total. The van der Waals surface area contributed by atoms with Crippen molar-refractivity contribution in [3.8, 4) is 0 Å². The van der Waals surface area contributed by atoms with Gasteiger partial charge in [-0.25, -0.2) is 9.78 Å². The van der Waals surface area contributed by atoms with Crippen LogP contribution in [0.3, 0.4) is 0 Å². The average Bonchev–Trinajstić information content (AvgIpc) is 3.16. The molecule has 1 aliphatic carbocycles. The quantitative estimate of drug-likeness (QED) is 0.722. The largest absolute Gasteiger partial charge is 0.465 e. The average molecular weight is 392 g/mol. The number of aromatic amines is 1. The number of nitrogens with zero attached hydrogens (tertiary/aromatic N) is 2. The van der Waals surface area contributed by atoms with E-state index in [0.717, 1.165) is 40.6 Å². The van der Waals surface area contributed by atoms with Crippen molar-refractivity contribution < 1.29 is 9.90 Å². The molecular formula is C18H22BrN3O2. The highest BCUT2D eigenvalue weighted by molar-refractivity contribution is 9.10. The predicted octanol–water partition coefficient (Wildman–Crippen LogP) is 4.95. The number of benzene rings is 1.